The molecule has 8 nitrogen and oxygen atoms in total. The van der Waals surface area contributed by atoms with E-state index in [1.807, 2.05) is 32.0 Å². The number of nitrogens with one attached hydrogen (secondary N) is 1. The Bertz CT molecular complexity index is 1730. The molecule has 0 aliphatic rings. The molecule has 0 aliphatic heterocycles. The smallest absolute Gasteiger partial charge is 0.252 e. The Hall–Kier alpha value is -3.47. The normalized spacial score (nSPS) is 12.1. The van der Waals surface area contributed by atoms with Gasteiger partial charge in [0.05, 0.1) is 11.7 Å². The van der Waals surface area contributed by atoms with E-state index in [1.54, 1.807) is 43.6 Å². The number of aromatic nitrogens is 4. The van der Waals surface area contributed by atoms with Gasteiger partial charge >= 0.3 is 0 Å². The standard InChI is InChI=1S/C25H23N5O3S2/c1-15-6-7-21-23(29-34-28-21)24(15)35(32,33)30(13-18-5-4-8-26-12-18)14-20-11-19-9-16(2)17(3)10-22(19)27-25(20)31/h4-12H,13-14H2,1-3H3,(H,27,31). The summed E-state index contributed by atoms with van der Waals surface area (Å²) in [5.74, 6) is 0. The molecule has 5 aromatic rings. The molecule has 1 N–H and O–H groups in total. The fourth-order valence-corrected chi connectivity index (χ4v) is 6.49. The number of hydrogen-bond acceptors (Lipinski definition) is 7. The molecular weight excluding hydrogens is 482 g/mol. The van der Waals surface area contributed by atoms with Crippen LogP contribution in [0.5, 0.6) is 0 Å². The first-order valence-electron chi connectivity index (χ1n) is 11.0. The largest absolute Gasteiger partial charge is 0.322 e. The topological polar surface area (TPSA) is 109 Å². The van der Waals surface area contributed by atoms with E-state index in [-0.39, 0.29) is 23.5 Å². The van der Waals surface area contributed by atoms with Crippen LogP contribution in [0, 0.1) is 20.8 Å². The van der Waals surface area contributed by atoms with E-state index in [9.17, 15) is 13.2 Å². The maximum atomic E-state index is 14.1. The molecule has 0 spiro atoms. The van der Waals surface area contributed by atoms with Crippen LogP contribution in [0.1, 0.15) is 27.8 Å². The van der Waals surface area contributed by atoms with Crippen LogP contribution in [0.4, 0.5) is 0 Å². The summed E-state index contributed by atoms with van der Waals surface area (Å²) in [5, 5.41) is 0.850. The van der Waals surface area contributed by atoms with Gasteiger partial charge in [0.1, 0.15) is 15.9 Å². The molecule has 0 aliphatic carbocycles. The number of benzene rings is 2. The van der Waals surface area contributed by atoms with E-state index in [4.69, 9.17) is 0 Å². The summed E-state index contributed by atoms with van der Waals surface area (Å²) < 4.78 is 37.9. The SMILES string of the molecule is Cc1cc2cc(CN(Cc3cccnc3)S(=O)(=O)c3c(C)ccc4nsnc34)c(=O)[nH]c2cc1C. The Morgan fingerprint density at radius 3 is 2.54 bits per heavy atom. The summed E-state index contributed by atoms with van der Waals surface area (Å²) in [4.78, 5) is 20.2. The lowest BCUT2D eigenvalue weighted by atomic mass is 10.0. The first kappa shape index (κ1) is 23.3. The fraction of sp³-hybridized carbons (Fsp3) is 0.200. The highest BCUT2D eigenvalue weighted by Crippen LogP contribution is 2.30. The van der Waals surface area contributed by atoms with Crippen LogP contribution in [-0.4, -0.2) is 31.4 Å². The van der Waals surface area contributed by atoms with Crippen LogP contribution < -0.4 is 5.56 Å². The lowest BCUT2D eigenvalue weighted by Crippen LogP contribution is -2.33. The number of fused-ring (bicyclic) bond motifs is 2. The zero-order chi connectivity index (χ0) is 24.7. The van der Waals surface area contributed by atoms with Crippen molar-refractivity contribution < 1.29 is 8.42 Å². The molecule has 0 atom stereocenters. The van der Waals surface area contributed by atoms with E-state index in [0.717, 1.165) is 33.8 Å². The van der Waals surface area contributed by atoms with Crippen molar-refractivity contribution in [3.63, 3.8) is 0 Å². The van der Waals surface area contributed by atoms with Crippen molar-refractivity contribution in [1.29, 1.82) is 0 Å². The number of H-pyrrole nitrogens is 1. The first-order chi connectivity index (χ1) is 16.7. The van der Waals surface area contributed by atoms with Crippen LogP contribution >= 0.6 is 11.7 Å². The summed E-state index contributed by atoms with van der Waals surface area (Å²) in [7, 11) is -4.05. The minimum atomic E-state index is -4.05. The molecule has 3 aromatic heterocycles. The Balaban J connectivity index is 1.65. The van der Waals surface area contributed by atoms with Gasteiger partial charge in [-0.15, -0.1) is 0 Å². The Morgan fingerprint density at radius 2 is 1.77 bits per heavy atom. The van der Waals surface area contributed by atoms with Crippen LogP contribution in [0.3, 0.4) is 0 Å². The second-order valence-corrected chi connectivity index (χ2v) is 11.0. The number of aromatic amines is 1. The van der Waals surface area contributed by atoms with Crippen molar-refractivity contribution in [2.24, 2.45) is 0 Å². The predicted molar refractivity (Wildman–Crippen MR) is 137 cm³/mol. The summed E-state index contributed by atoms with van der Waals surface area (Å²) >= 11 is 0.970. The molecule has 2 aromatic carbocycles. The van der Waals surface area contributed by atoms with Gasteiger partial charge in [-0.25, -0.2) is 8.42 Å². The number of aryl methyl sites for hydroxylation is 3. The van der Waals surface area contributed by atoms with E-state index in [1.165, 1.54) is 4.31 Å². The van der Waals surface area contributed by atoms with Crippen LogP contribution in [-0.2, 0) is 23.1 Å². The molecule has 0 amide bonds. The Labute approximate surface area is 206 Å². The van der Waals surface area contributed by atoms with E-state index in [2.05, 4.69) is 18.7 Å². The van der Waals surface area contributed by atoms with Gasteiger partial charge in [0.15, 0.2) is 0 Å². The molecule has 0 saturated carbocycles. The van der Waals surface area contributed by atoms with Crippen molar-refractivity contribution in [1.82, 2.24) is 23.0 Å². The molecule has 0 unspecified atom stereocenters. The Morgan fingerprint density at radius 1 is 0.971 bits per heavy atom. The second-order valence-electron chi connectivity index (χ2n) is 8.63. The van der Waals surface area contributed by atoms with Gasteiger partial charge in [-0.3, -0.25) is 9.78 Å². The van der Waals surface area contributed by atoms with Gasteiger partial charge in [0.25, 0.3) is 5.56 Å². The maximum Gasteiger partial charge on any atom is 0.252 e. The minimum absolute atomic E-state index is 0.0496. The van der Waals surface area contributed by atoms with Gasteiger partial charge in [-0.05, 0) is 78.7 Å². The number of rotatable bonds is 6. The maximum absolute atomic E-state index is 14.1. The minimum Gasteiger partial charge on any atom is -0.322 e. The molecule has 5 rings (SSSR count). The fourth-order valence-electron chi connectivity index (χ4n) is 4.13. The van der Waals surface area contributed by atoms with Crippen molar-refractivity contribution >= 4 is 43.7 Å². The molecule has 10 heteroatoms. The van der Waals surface area contributed by atoms with Crippen molar-refractivity contribution in [2.75, 3.05) is 0 Å². The lowest BCUT2D eigenvalue weighted by molar-refractivity contribution is 0.399. The number of hydrogen-bond donors (Lipinski definition) is 1. The highest BCUT2D eigenvalue weighted by atomic mass is 32.2. The van der Waals surface area contributed by atoms with Crippen LogP contribution in [0.2, 0.25) is 0 Å². The highest BCUT2D eigenvalue weighted by Gasteiger charge is 2.30. The third-order valence-corrected chi connectivity index (χ3v) is 8.65. The zero-order valence-electron chi connectivity index (χ0n) is 19.4. The quantitative estimate of drug-likeness (QED) is 0.370. The van der Waals surface area contributed by atoms with Crippen molar-refractivity contribution in [3.05, 3.63) is 93.0 Å². The summed E-state index contributed by atoms with van der Waals surface area (Å²) in [6.45, 7) is 5.67. The van der Waals surface area contributed by atoms with E-state index < -0.39 is 10.0 Å². The van der Waals surface area contributed by atoms with Crippen LogP contribution in [0.15, 0.2) is 64.5 Å². The second kappa shape index (κ2) is 8.95. The Kier molecular flexibility index (Phi) is 5.96. The molecule has 178 valence electrons. The molecule has 0 fully saturated rings. The number of sulfonamides is 1. The van der Waals surface area contributed by atoms with Crippen molar-refractivity contribution in [2.45, 2.75) is 38.8 Å². The monoisotopic (exact) mass is 505 g/mol. The van der Waals surface area contributed by atoms with E-state index in [0.29, 0.717) is 27.7 Å². The molecule has 0 bridgehead atoms. The van der Waals surface area contributed by atoms with Crippen LogP contribution in [0.25, 0.3) is 21.9 Å². The van der Waals surface area contributed by atoms with Gasteiger partial charge in [0, 0.05) is 36.6 Å². The number of pyridine rings is 2. The summed E-state index contributed by atoms with van der Waals surface area (Å²) in [6, 6.07) is 12.7. The molecule has 3 heterocycles. The molecule has 0 saturated heterocycles. The number of nitrogens with zero attached hydrogens (tertiary/aromatic N) is 4. The van der Waals surface area contributed by atoms with Gasteiger partial charge in [-0.1, -0.05) is 12.1 Å². The van der Waals surface area contributed by atoms with Crippen molar-refractivity contribution in [3.8, 4) is 0 Å². The van der Waals surface area contributed by atoms with Gasteiger partial charge in [-0.2, -0.15) is 13.1 Å². The predicted octanol–water partition coefficient (Wildman–Crippen LogP) is 4.24. The average Bonchev–Trinajstić information content (AvgIpc) is 3.29. The van der Waals surface area contributed by atoms with Gasteiger partial charge in [0.2, 0.25) is 10.0 Å². The van der Waals surface area contributed by atoms with E-state index >= 15 is 0 Å². The average molecular weight is 506 g/mol. The summed E-state index contributed by atoms with van der Waals surface area (Å²) in [5.41, 5.74) is 5.06. The third-order valence-electron chi connectivity index (χ3n) is 6.14. The summed E-state index contributed by atoms with van der Waals surface area (Å²) in [6.07, 6.45) is 3.25. The highest BCUT2D eigenvalue weighted by molar-refractivity contribution is 7.89. The molecule has 35 heavy (non-hydrogen) atoms. The third kappa shape index (κ3) is 4.36. The molecule has 0 radical (unpaired) electrons. The lowest BCUT2D eigenvalue weighted by Gasteiger charge is -2.23. The first-order valence-corrected chi connectivity index (χ1v) is 13.1. The zero-order valence-corrected chi connectivity index (χ0v) is 21.1. The van der Waals surface area contributed by atoms with Gasteiger partial charge < -0.3 is 4.98 Å². The molecular formula is C25H23N5O3S2.